The number of rotatable bonds is 3. The fraction of sp³-hybridized carbons (Fsp3) is 0.375. The van der Waals surface area contributed by atoms with Crippen LogP contribution in [0.4, 0.5) is 0 Å². The lowest BCUT2D eigenvalue weighted by atomic mass is 9.84. The lowest BCUT2D eigenvalue weighted by Gasteiger charge is -2.43. The fourth-order valence-electron chi connectivity index (χ4n) is 4.87. The van der Waals surface area contributed by atoms with Gasteiger partial charge in [-0.05, 0) is 67.6 Å². The lowest BCUT2D eigenvalue weighted by molar-refractivity contribution is 0.0375. The molecule has 28 heavy (non-hydrogen) atoms. The first-order valence-corrected chi connectivity index (χ1v) is 10.4. The minimum Gasteiger partial charge on any atom is -0.483 e. The number of aryl methyl sites for hydroxylation is 1. The average Bonchev–Trinajstić information content (AvgIpc) is 2.74. The van der Waals surface area contributed by atoms with Crippen molar-refractivity contribution in [3.63, 3.8) is 0 Å². The first kappa shape index (κ1) is 17.7. The third kappa shape index (κ3) is 3.27. The second-order valence-electron chi connectivity index (χ2n) is 8.07. The molecule has 3 aromatic rings. The molecule has 2 aromatic carbocycles. The number of pyridine rings is 1. The molecular formula is C24H27N3O. The summed E-state index contributed by atoms with van der Waals surface area (Å²) < 4.78 is 6.77. The molecular weight excluding hydrogens is 346 g/mol. The molecule has 0 saturated carbocycles. The summed E-state index contributed by atoms with van der Waals surface area (Å²) in [4.78, 5) is 7.06. The molecule has 1 saturated heterocycles. The van der Waals surface area contributed by atoms with Gasteiger partial charge in [0.15, 0.2) is 0 Å². The van der Waals surface area contributed by atoms with Gasteiger partial charge in [0.25, 0.3) is 0 Å². The van der Waals surface area contributed by atoms with E-state index in [9.17, 15) is 0 Å². The van der Waals surface area contributed by atoms with E-state index in [0.717, 1.165) is 49.0 Å². The molecule has 3 atom stereocenters. The number of hydrogen-bond acceptors (Lipinski definition) is 4. The molecule has 1 aliphatic carbocycles. The monoisotopic (exact) mass is 373 g/mol. The maximum Gasteiger partial charge on any atom is 0.139 e. The molecule has 2 aliphatic rings. The highest BCUT2D eigenvalue weighted by Gasteiger charge is 2.36. The van der Waals surface area contributed by atoms with Gasteiger partial charge in [0.05, 0.1) is 11.6 Å². The maximum absolute atomic E-state index is 6.77. The highest BCUT2D eigenvalue weighted by molar-refractivity contribution is 5.84. The zero-order valence-electron chi connectivity index (χ0n) is 16.1. The van der Waals surface area contributed by atoms with E-state index < -0.39 is 0 Å². The molecule has 1 fully saturated rings. The fourth-order valence-corrected chi connectivity index (χ4v) is 4.87. The van der Waals surface area contributed by atoms with Gasteiger partial charge >= 0.3 is 0 Å². The van der Waals surface area contributed by atoms with E-state index in [0.29, 0.717) is 6.04 Å². The molecule has 2 heterocycles. The van der Waals surface area contributed by atoms with Crippen LogP contribution in [0.25, 0.3) is 10.9 Å². The standard InChI is InChI=1S/C24H27N3O/c25-18-7-5-15-27(16-18)22-13-12-17-6-1-2-8-19(17)24(22)28-23-11-3-10-21-20(23)9-4-14-26-21/h1-4,6,8-11,14,18,22,24H,5,7,12-13,15-16,25H2/t18-,22-,24-/m0/s1. The van der Waals surface area contributed by atoms with Crippen LogP contribution in [0.15, 0.2) is 60.8 Å². The summed E-state index contributed by atoms with van der Waals surface area (Å²) in [6.45, 7) is 2.07. The van der Waals surface area contributed by atoms with Crippen molar-refractivity contribution in [2.24, 2.45) is 5.73 Å². The summed E-state index contributed by atoms with van der Waals surface area (Å²) in [6, 6.07) is 19.6. The second-order valence-corrected chi connectivity index (χ2v) is 8.07. The number of likely N-dealkylation sites (tertiary alicyclic amines) is 1. The Bertz CT molecular complexity index is 967. The summed E-state index contributed by atoms with van der Waals surface area (Å²) in [5.41, 5.74) is 10.0. The van der Waals surface area contributed by atoms with Crippen LogP contribution in [0.3, 0.4) is 0 Å². The van der Waals surface area contributed by atoms with E-state index in [-0.39, 0.29) is 12.1 Å². The van der Waals surface area contributed by atoms with Gasteiger partial charge in [-0.25, -0.2) is 0 Å². The third-order valence-electron chi connectivity index (χ3n) is 6.24. The van der Waals surface area contributed by atoms with Crippen LogP contribution in [-0.4, -0.2) is 35.1 Å². The van der Waals surface area contributed by atoms with Gasteiger partial charge in [-0.2, -0.15) is 0 Å². The van der Waals surface area contributed by atoms with Crippen molar-refractivity contribution in [1.82, 2.24) is 9.88 Å². The first-order valence-electron chi connectivity index (χ1n) is 10.4. The van der Waals surface area contributed by atoms with Crippen LogP contribution in [0, 0.1) is 0 Å². The Balaban J connectivity index is 1.54. The summed E-state index contributed by atoms with van der Waals surface area (Å²) in [5.74, 6) is 0.915. The number of benzene rings is 2. The Morgan fingerprint density at radius 1 is 1.00 bits per heavy atom. The van der Waals surface area contributed by atoms with E-state index in [2.05, 4.69) is 46.3 Å². The van der Waals surface area contributed by atoms with Gasteiger partial charge < -0.3 is 10.5 Å². The Morgan fingerprint density at radius 2 is 1.93 bits per heavy atom. The highest BCUT2D eigenvalue weighted by atomic mass is 16.5. The Hall–Kier alpha value is -2.43. The van der Waals surface area contributed by atoms with Gasteiger partial charge in [-0.15, -0.1) is 0 Å². The summed E-state index contributed by atoms with van der Waals surface area (Å²) >= 11 is 0. The summed E-state index contributed by atoms with van der Waals surface area (Å²) in [6.07, 6.45) is 6.35. The Kier molecular flexibility index (Phi) is 4.75. The number of aromatic nitrogens is 1. The van der Waals surface area contributed by atoms with Crippen molar-refractivity contribution < 1.29 is 4.74 Å². The molecule has 5 rings (SSSR count). The quantitative estimate of drug-likeness (QED) is 0.751. The number of nitrogens with zero attached hydrogens (tertiary/aromatic N) is 2. The molecule has 1 aliphatic heterocycles. The van der Waals surface area contributed by atoms with E-state index in [1.165, 1.54) is 17.5 Å². The van der Waals surface area contributed by atoms with Crippen molar-refractivity contribution in [3.05, 3.63) is 71.9 Å². The predicted octanol–water partition coefficient (Wildman–Crippen LogP) is 4.09. The maximum atomic E-state index is 6.77. The molecule has 4 nitrogen and oxygen atoms in total. The number of piperidine rings is 1. The first-order chi connectivity index (χ1) is 13.8. The Morgan fingerprint density at radius 3 is 2.86 bits per heavy atom. The number of fused-ring (bicyclic) bond motifs is 2. The lowest BCUT2D eigenvalue weighted by Crippen LogP contribution is -2.51. The van der Waals surface area contributed by atoms with E-state index >= 15 is 0 Å². The van der Waals surface area contributed by atoms with Crippen molar-refractivity contribution in [3.8, 4) is 5.75 Å². The molecule has 0 unspecified atom stereocenters. The van der Waals surface area contributed by atoms with Crippen LogP contribution in [0.2, 0.25) is 0 Å². The third-order valence-corrected chi connectivity index (χ3v) is 6.24. The molecule has 0 bridgehead atoms. The van der Waals surface area contributed by atoms with Gasteiger partial charge in [-0.1, -0.05) is 30.3 Å². The largest absolute Gasteiger partial charge is 0.483 e. The molecule has 0 amide bonds. The van der Waals surface area contributed by atoms with E-state index in [1.807, 2.05) is 24.4 Å². The van der Waals surface area contributed by atoms with Crippen LogP contribution >= 0.6 is 0 Å². The van der Waals surface area contributed by atoms with Crippen molar-refractivity contribution in [1.29, 1.82) is 0 Å². The van der Waals surface area contributed by atoms with E-state index in [4.69, 9.17) is 10.5 Å². The highest BCUT2D eigenvalue weighted by Crippen LogP contribution is 2.39. The average molecular weight is 374 g/mol. The SMILES string of the molecule is N[C@H]1CCCN([C@H]2CCc3ccccc3[C@@H]2Oc2cccc3ncccc23)C1. The van der Waals surface area contributed by atoms with Crippen LogP contribution in [-0.2, 0) is 6.42 Å². The van der Waals surface area contributed by atoms with E-state index in [1.54, 1.807) is 0 Å². The molecule has 0 spiro atoms. The van der Waals surface area contributed by atoms with Gasteiger partial charge in [-0.3, -0.25) is 9.88 Å². The topological polar surface area (TPSA) is 51.4 Å². The molecule has 4 heteroatoms. The Labute approximate surface area is 166 Å². The normalized spacial score (nSPS) is 25.4. The van der Waals surface area contributed by atoms with Crippen molar-refractivity contribution in [2.75, 3.05) is 13.1 Å². The van der Waals surface area contributed by atoms with Crippen LogP contribution < -0.4 is 10.5 Å². The summed E-state index contributed by atoms with van der Waals surface area (Å²) in [5, 5.41) is 1.07. The predicted molar refractivity (Wildman–Crippen MR) is 112 cm³/mol. The number of ether oxygens (including phenoxy) is 1. The zero-order valence-corrected chi connectivity index (χ0v) is 16.1. The minimum absolute atomic E-state index is 0.0149. The van der Waals surface area contributed by atoms with Crippen molar-refractivity contribution >= 4 is 10.9 Å². The summed E-state index contributed by atoms with van der Waals surface area (Å²) in [7, 11) is 0. The molecule has 144 valence electrons. The molecule has 0 radical (unpaired) electrons. The van der Waals surface area contributed by atoms with Gasteiger partial charge in [0.1, 0.15) is 11.9 Å². The zero-order chi connectivity index (χ0) is 18.9. The van der Waals surface area contributed by atoms with Gasteiger partial charge in [0, 0.05) is 24.2 Å². The van der Waals surface area contributed by atoms with Crippen LogP contribution in [0.1, 0.15) is 36.5 Å². The number of nitrogens with two attached hydrogens (primary N) is 1. The van der Waals surface area contributed by atoms with Gasteiger partial charge in [0.2, 0.25) is 0 Å². The number of hydrogen-bond donors (Lipinski definition) is 1. The minimum atomic E-state index is 0.0149. The smallest absolute Gasteiger partial charge is 0.139 e. The molecule has 1 aromatic heterocycles. The molecule has 2 N–H and O–H groups in total. The van der Waals surface area contributed by atoms with Crippen molar-refractivity contribution in [2.45, 2.75) is 43.9 Å². The van der Waals surface area contributed by atoms with Crippen LogP contribution in [0.5, 0.6) is 5.75 Å². The second kappa shape index (κ2) is 7.53.